The fourth-order valence-corrected chi connectivity index (χ4v) is 5.11. The standard InChI is InChI=1S/C29H26F2N6O5S/c1-14-5-6-18(33-23(38)9-15-7-16(30)10-17(31)8-15)11-20(14)27-36-28(42-37-27)25-26(32)35-29(43-25)34-19-12-21(39-2)24(41-4)22(13-19)40-3/h5-8,10-13H,9,32H2,1-4H3,(H,33,38)(H,34,35). The van der Waals surface area contributed by atoms with Gasteiger partial charge in [-0.2, -0.15) is 4.98 Å². The number of nitrogen functional groups attached to an aromatic ring is 1. The number of thiazole rings is 1. The minimum Gasteiger partial charge on any atom is -0.493 e. The molecule has 0 aliphatic rings. The fraction of sp³-hybridized carbons (Fsp3) is 0.172. The zero-order valence-corrected chi connectivity index (χ0v) is 24.3. The van der Waals surface area contributed by atoms with Gasteiger partial charge in [-0.25, -0.2) is 13.8 Å². The molecule has 5 aromatic rings. The van der Waals surface area contributed by atoms with Gasteiger partial charge < -0.3 is 35.1 Å². The molecule has 0 aliphatic heterocycles. The van der Waals surface area contributed by atoms with Crippen molar-refractivity contribution >= 4 is 39.6 Å². The van der Waals surface area contributed by atoms with Crippen LogP contribution in [0.5, 0.6) is 17.2 Å². The largest absolute Gasteiger partial charge is 0.493 e. The number of nitrogens with zero attached hydrogens (tertiary/aromatic N) is 3. The summed E-state index contributed by atoms with van der Waals surface area (Å²) < 4.78 is 48.7. The van der Waals surface area contributed by atoms with Crippen LogP contribution in [0.1, 0.15) is 11.1 Å². The second-order valence-electron chi connectivity index (χ2n) is 9.23. The molecule has 0 atom stereocenters. The molecule has 222 valence electrons. The number of anilines is 4. The van der Waals surface area contributed by atoms with Crippen molar-refractivity contribution in [3.63, 3.8) is 0 Å². The number of hydrogen-bond acceptors (Lipinski definition) is 11. The summed E-state index contributed by atoms with van der Waals surface area (Å²) in [5, 5.41) is 10.5. The van der Waals surface area contributed by atoms with E-state index in [0.29, 0.717) is 44.2 Å². The predicted octanol–water partition coefficient (Wildman–Crippen LogP) is 5.98. The highest BCUT2D eigenvalue weighted by Gasteiger charge is 2.21. The van der Waals surface area contributed by atoms with Gasteiger partial charge in [-0.05, 0) is 42.3 Å². The molecule has 0 saturated heterocycles. The monoisotopic (exact) mass is 608 g/mol. The Morgan fingerprint density at radius 3 is 2.30 bits per heavy atom. The molecule has 0 unspecified atom stereocenters. The third-order valence-corrected chi connectivity index (χ3v) is 7.21. The molecule has 5 rings (SSSR count). The highest BCUT2D eigenvalue weighted by atomic mass is 32.1. The van der Waals surface area contributed by atoms with Crippen molar-refractivity contribution in [2.24, 2.45) is 0 Å². The zero-order chi connectivity index (χ0) is 30.7. The summed E-state index contributed by atoms with van der Waals surface area (Å²) in [6.07, 6.45) is -0.207. The van der Waals surface area contributed by atoms with Gasteiger partial charge in [0.25, 0.3) is 5.89 Å². The van der Waals surface area contributed by atoms with Crippen molar-refractivity contribution in [1.82, 2.24) is 15.1 Å². The third kappa shape index (κ3) is 6.48. The number of carbonyl (C=O) groups is 1. The van der Waals surface area contributed by atoms with E-state index in [2.05, 4.69) is 25.8 Å². The molecular weight excluding hydrogens is 582 g/mol. The van der Waals surface area contributed by atoms with E-state index >= 15 is 0 Å². The maximum atomic E-state index is 13.5. The van der Waals surface area contributed by atoms with Gasteiger partial charge in [-0.15, -0.1) is 0 Å². The summed E-state index contributed by atoms with van der Waals surface area (Å²) in [4.78, 5) is 21.9. The Morgan fingerprint density at radius 1 is 0.953 bits per heavy atom. The predicted molar refractivity (Wildman–Crippen MR) is 158 cm³/mol. The lowest BCUT2D eigenvalue weighted by molar-refractivity contribution is -0.115. The number of halogens is 2. The first-order chi connectivity index (χ1) is 20.7. The summed E-state index contributed by atoms with van der Waals surface area (Å²) in [7, 11) is 4.56. The molecule has 0 bridgehead atoms. The van der Waals surface area contributed by atoms with E-state index in [1.165, 1.54) is 32.7 Å². The number of ether oxygens (including phenoxy) is 3. The molecule has 0 fully saturated rings. The number of benzene rings is 3. The van der Waals surface area contributed by atoms with Crippen LogP contribution >= 0.6 is 11.3 Å². The second kappa shape index (κ2) is 12.3. The molecule has 0 spiro atoms. The molecule has 11 nitrogen and oxygen atoms in total. The van der Waals surface area contributed by atoms with Crippen LogP contribution in [0.25, 0.3) is 22.2 Å². The van der Waals surface area contributed by atoms with Crippen LogP contribution in [-0.2, 0) is 11.2 Å². The van der Waals surface area contributed by atoms with Crippen LogP contribution in [0, 0.1) is 18.6 Å². The first kappa shape index (κ1) is 29.3. The van der Waals surface area contributed by atoms with Crippen molar-refractivity contribution < 1.29 is 32.3 Å². The van der Waals surface area contributed by atoms with E-state index in [4.69, 9.17) is 24.5 Å². The summed E-state index contributed by atoms with van der Waals surface area (Å²) >= 11 is 1.20. The SMILES string of the molecule is COc1cc(Nc2nc(N)c(-c3nc(-c4cc(NC(=O)Cc5cc(F)cc(F)c5)ccc4C)no3)s2)cc(OC)c1OC. The molecular formula is C29H26F2N6O5S. The number of hydrogen-bond donors (Lipinski definition) is 3. The van der Waals surface area contributed by atoms with Gasteiger partial charge >= 0.3 is 0 Å². The van der Waals surface area contributed by atoms with E-state index in [1.54, 1.807) is 30.3 Å². The van der Waals surface area contributed by atoms with E-state index < -0.39 is 17.5 Å². The molecule has 2 heterocycles. The minimum atomic E-state index is -0.751. The zero-order valence-electron chi connectivity index (χ0n) is 23.5. The third-order valence-electron chi connectivity index (χ3n) is 6.24. The highest BCUT2D eigenvalue weighted by Crippen LogP contribution is 2.42. The Kier molecular flexibility index (Phi) is 8.39. The first-order valence-electron chi connectivity index (χ1n) is 12.7. The number of nitrogens with two attached hydrogens (primary N) is 1. The minimum absolute atomic E-state index is 0.157. The molecule has 0 radical (unpaired) electrons. The number of aromatic nitrogens is 3. The lowest BCUT2D eigenvalue weighted by Gasteiger charge is -2.14. The maximum Gasteiger partial charge on any atom is 0.272 e. The maximum absolute atomic E-state index is 13.5. The molecule has 1 amide bonds. The van der Waals surface area contributed by atoms with Crippen molar-refractivity contribution in [3.05, 3.63) is 71.3 Å². The molecule has 4 N–H and O–H groups in total. The van der Waals surface area contributed by atoms with Crippen LogP contribution < -0.4 is 30.6 Å². The lowest BCUT2D eigenvalue weighted by atomic mass is 10.1. The number of methoxy groups -OCH3 is 3. The average molecular weight is 609 g/mol. The summed E-state index contributed by atoms with van der Waals surface area (Å²) in [6, 6.07) is 11.6. The molecule has 0 aliphatic carbocycles. The molecule has 14 heteroatoms. The van der Waals surface area contributed by atoms with Gasteiger partial charge in [0.15, 0.2) is 16.6 Å². The van der Waals surface area contributed by atoms with Crippen LogP contribution in [0.2, 0.25) is 0 Å². The molecule has 2 aromatic heterocycles. The summed E-state index contributed by atoms with van der Waals surface area (Å²) in [5.41, 5.74) is 8.90. The average Bonchev–Trinajstić information content (AvgIpc) is 3.59. The van der Waals surface area contributed by atoms with E-state index in [-0.39, 0.29) is 29.5 Å². The van der Waals surface area contributed by atoms with Crippen LogP contribution in [0.15, 0.2) is 53.1 Å². The number of nitrogens with one attached hydrogen (secondary N) is 2. The van der Waals surface area contributed by atoms with Gasteiger partial charge in [0.2, 0.25) is 17.5 Å². The Bertz CT molecular complexity index is 1760. The number of carbonyl (C=O) groups excluding carboxylic acids is 1. The Hall–Kier alpha value is -5.24. The number of rotatable bonds is 10. The first-order valence-corrected chi connectivity index (χ1v) is 13.5. The van der Waals surface area contributed by atoms with Crippen LogP contribution in [0.4, 0.5) is 31.1 Å². The summed E-state index contributed by atoms with van der Waals surface area (Å²) in [6.45, 7) is 1.85. The van der Waals surface area contributed by atoms with Crippen molar-refractivity contribution in [2.75, 3.05) is 37.7 Å². The van der Waals surface area contributed by atoms with Crippen LogP contribution in [-0.4, -0.2) is 42.4 Å². The highest BCUT2D eigenvalue weighted by molar-refractivity contribution is 7.19. The van der Waals surface area contributed by atoms with Crippen molar-refractivity contribution in [2.45, 2.75) is 13.3 Å². The Morgan fingerprint density at radius 2 is 1.65 bits per heavy atom. The topological polar surface area (TPSA) is 147 Å². The molecule has 3 aromatic carbocycles. The van der Waals surface area contributed by atoms with Gasteiger partial charge in [0.05, 0.1) is 27.8 Å². The van der Waals surface area contributed by atoms with E-state index in [1.807, 2.05) is 6.92 Å². The Balaban J connectivity index is 1.34. The lowest BCUT2D eigenvalue weighted by Crippen LogP contribution is -2.14. The number of aryl methyl sites for hydroxylation is 1. The van der Waals surface area contributed by atoms with Gasteiger partial charge in [-0.1, -0.05) is 22.6 Å². The Labute approximate surface area is 248 Å². The van der Waals surface area contributed by atoms with Crippen molar-refractivity contribution in [3.8, 4) is 39.4 Å². The quantitative estimate of drug-likeness (QED) is 0.173. The molecule has 0 saturated carbocycles. The van der Waals surface area contributed by atoms with Crippen LogP contribution in [0.3, 0.4) is 0 Å². The van der Waals surface area contributed by atoms with Gasteiger partial charge in [0.1, 0.15) is 22.3 Å². The van der Waals surface area contributed by atoms with Gasteiger partial charge in [-0.3, -0.25) is 4.79 Å². The normalized spacial score (nSPS) is 10.8. The summed E-state index contributed by atoms with van der Waals surface area (Å²) in [5.74, 6) is 0.0410. The van der Waals surface area contributed by atoms with Crippen molar-refractivity contribution in [1.29, 1.82) is 0 Å². The van der Waals surface area contributed by atoms with Gasteiger partial charge in [0, 0.05) is 35.1 Å². The van der Waals surface area contributed by atoms with E-state index in [0.717, 1.165) is 23.8 Å². The second-order valence-corrected chi connectivity index (χ2v) is 10.2. The van der Waals surface area contributed by atoms with E-state index in [9.17, 15) is 13.6 Å². The molecule has 43 heavy (non-hydrogen) atoms. The smallest absolute Gasteiger partial charge is 0.272 e. The fourth-order valence-electron chi connectivity index (χ4n) is 4.28. The number of amides is 1.